The molecule has 0 atom stereocenters. The van der Waals surface area contributed by atoms with Gasteiger partial charge in [0.2, 0.25) is 6.79 Å². The maximum Gasteiger partial charge on any atom is 0.263 e. The van der Waals surface area contributed by atoms with Crippen LogP contribution in [0.4, 0.5) is 5.69 Å². The Bertz CT molecular complexity index is 1100. The predicted octanol–water partition coefficient (Wildman–Crippen LogP) is 2.94. The summed E-state index contributed by atoms with van der Waals surface area (Å²) < 4.78 is 16.8. The van der Waals surface area contributed by atoms with E-state index in [0.29, 0.717) is 50.9 Å². The molecule has 7 nitrogen and oxygen atoms in total. The number of nitrogens with zero attached hydrogens (tertiary/aromatic N) is 1. The third-order valence-corrected chi connectivity index (χ3v) is 5.81. The molecule has 0 saturated carbocycles. The first-order chi connectivity index (χ1) is 14.1. The monoisotopic (exact) mass is 426 g/mol. The van der Waals surface area contributed by atoms with E-state index in [1.165, 1.54) is 11.8 Å². The first-order valence-electron chi connectivity index (χ1n) is 8.82. The van der Waals surface area contributed by atoms with Gasteiger partial charge in [0.15, 0.2) is 11.5 Å². The molecule has 0 radical (unpaired) electrons. The van der Waals surface area contributed by atoms with Crippen molar-refractivity contribution in [2.75, 3.05) is 24.8 Å². The van der Waals surface area contributed by atoms with Crippen molar-refractivity contribution >= 4 is 51.9 Å². The Labute approximate surface area is 175 Å². The number of hydrogen-bond acceptors (Lipinski definition) is 7. The van der Waals surface area contributed by atoms with Crippen molar-refractivity contribution in [1.29, 1.82) is 0 Å². The van der Waals surface area contributed by atoms with E-state index in [2.05, 4.69) is 5.32 Å². The average Bonchev–Trinajstić information content (AvgIpc) is 3.32. The molecule has 2 amide bonds. The van der Waals surface area contributed by atoms with Gasteiger partial charge in [-0.15, -0.1) is 0 Å². The van der Waals surface area contributed by atoms with Crippen LogP contribution in [0.5, 0.6) is 17.2 Å². The summed E-state index contributed by atoms with van der Waals surface area (Å²) >= 11 is 6.24. The van der Waals surface area contributed by atoms with Gasteiger partial charge in [-0.05, 0) is 42.0 Å². The minimum Gasteiger partial charge on any atom is -0.490 e. The molecule has 5 rings (SSSR count). The molecule has 1 saturated heterocycles. The van der Waals surface area contributed by atoms with Gasteiger partial charge < -0.3 is 24.4 Å². The number of nitrogens with one attached hydrogen (secondary N) is 1. The molecule has 2 aromatic carbocycles. The number of hydrogen-bond donors (Lipinski definition) is 1. The Morgan fingerprint density at radius 2 is 1.93 bits per heavy atom. The molecule has 3 aliphatic rings. The maximum absolute atomic E-state index is 13.2. The van der Waals surface area contributed by atoms with Gasteiger partial charge in [0, 0.05) is 5.56 Å². The number of benzene rings is 2. The number of anilines is 1. The van der Waals surface area contributed by atoms with Gasteiger partial charge in [0.05, 0.1) is 17.1 Å². The Hall–Kier alpha value is -3.04. The third-order valence-electron chi connectivity index (χ3n) is 4.65. The number of amides is 2. The highest BCUT2D eigenvalue weighted by atomic mass is 32.2. The van der Waals surface area contributed by atoms with Crippen LogP contribution in [-0.4, -0.2) is 36.1 Å². The van der Waals surface area contributed by atoms with Crippen LogP contribution in [0.15, 0.2) is 41.3 Å². The van der Waals surface area contributed by atoms with Crippen LogP contribution < -0.4 is 24.4 Å². The Kier molecular flexibility index (Phi) is 4.40. The fourth-order valence-corrected chi connectivity index (χ4v) is 4.34. The van der Waals surface area contributed by atoms with E-state index in [1.807, 2.05) is 12.1 Å². The lowest BCUT2D eigenvalue weighted by Crippen LogP contribution is -2.38. The highest BCUT2D eigenvalue weighted by Crippen LogP contribution is 2.37. The normalized spacial score (nSPS) is 18.5. The number of carbonyl (C=O) groups is 2. The fraction of sp³-hybridized carbons (Fsp3) is 0.150. The second kappa shape index (κ2) is 7.09. The summed E-state index contributed by atoms with van der Waals surface area (Å²) in [7, 11) is 0. The maximum atomic E-state index is 13.2. The topological polar surface area (TPSA) is 77.1 Å². The van der Waals surface area contributed by atoms with E-state index in [4.69, 9.17) is 26.4 Å². The quantitative estimate of drug-likeness (QED) is 0.584. The lowest BCUT2D eigenvalue weighted by molar-refractivity contribution is -0.115. The van der Waals surface area contributed by atoms with Crippen LogP contribution in [0, 0.1) is 0 Å². The number of rotatable bonds is 2. The van der Waals surface area contributed by atoms with Crippen molar-refractivity contribution in [2.24, 2.45) is 0 Å². The predicted molar refractivity (Wildman–Crippen MR) is 112 cm³/mol. The van der Waals surface area contributed by atoms with Crippen molar-refractivity contribution in [3.05, 3.63) is 52.4 Å². The van der Waals surface area contributed by atoms with Gasteiger partial charge in [0.1, 0.15) is 16.7 Å². The molecule has 9 heteroatoms. The molecule has 3 heterocycles. The van der Waals surface area contributed by atoms with Crippen LogP contribution in [0.1, 0.15) is 15.9 Å². The van der Waals surface area contributed by atoms with Crippen molar-refractivity contribution in [1.82, 2.24) is 5.32 Å². The first kappa shape index (κ1) is 18.0. The SMILES string of the molecule is O=C1NC(=S)SC1=Cc1ccc2c(c1)N(C(=O)c1ccc3c(c1)OCO3)CCO2. The molecule has 0 aliphatic carbocycles. The molecule has 29 heavy (non-hydrogen) atoms. The molecule has 0 unspecified atom stereocenters. The van der Waals surface area contributed by atoms with Gasteiger partial charge in [-0.2, -0.15) is 0 Å². The highest BCUT2D eigenvalue weighted by molar-refractivity contribution is 8.26. The average molecular weight is 426 g/mol. The Morgan fingerprint density at radius 3 is 2.76 bits per heavy atom. The summed E-state index contributed by atoms with van der Waals surface area (Å²) in [4.78, 5) is 27.3. The number of ether oxygens (including phenoxy) is 3. The van der Waals surface area contributed by atoms with Gasteiger partial charge in [-0.1, -0.05) is 30.0 Å². The standard InChI is InChI=1S/C20H14N2O5S2/c23-18-17(29-20(28)21-18)8-11-1-3-14-13(7-11)22(5-6-25-14)19(24)12-2-4-15-16(9-12)27-10-26-15/h1-4,7-9H,5-6,10H2,(H,21,23,28). The Morgan fingerprint density at radius 1 is 1.10 bits per heavy atom. The second-order valence-electron chi connectivity index (χ2n) is 6.45. The smallest absolute Gasteiger partial charge is 0.263 e. The van der Waals surface area contributed by atoms with Crippen molar-refractivity contribution < 1.29 is 23.8 Å². The van der Waals surface area contributed by atoms with E-state index >= 15 is 0 Å². The van der Waals surface area contributed by atoms with E-state index in [9.17, 15) is 9.59 Å². The molecular weight excluding hydrogens is 412 g/mol. The molecule has 1 N–H and O–H groups in total. The summed E-state index contributed by atoms with van der Waals surface area (Å²) in [5, 5.41) is 2.59. The summed E-state index contributed by atoms with van der Waals surface area (Å²) in [6.45, 7) is 0.969. The summed E-state index contributed by atoms with van der Waals surface area (Å²) in [5.41, 5.74) is 1.93. The number of thiocarbonyl (C=S) groups is 1. The molecule has 3 aliphatic heterocycles. The molecule has 2 aromatic rings. The minimum atomic E-state index is -0.220. The van der Waals surface area contributed by atoms with Crippen LogP contribution in [0.2, 0.25) is 0 Å². The lowest BCUT2D eigenvalue weighted by atomic mass is 10.1. The van der Waals surface area contributed by atoms with Gasteiger partial charge >= 0.3 is 0 Å². The summed E-state index contributed by atoms with van der Waals surface area (Å²) in [5.74, 6) is 1.42. The van der Waals surface area contributed by atoms with Crippen molar-refractivity contribution in [2.45, 2.75) is 0 Å². The molecular formula is C20H14N2O5S2. The largest absolute Gasteiger partial charge is 0.490 e. The fourth-order valence-electron chi connectivity index (χ4n) is 3.29. The zero-order chi connectivity index (χ0) is 20.0. The number of carbonyl (C=O) groups excluding carboxylic acids is 2. The van der Waals surface area contributed by atoms with Crippen LogP contribution in [0.3, 0.4) is 0 Å². The minimum absolute atomic E-state index is 0.153. The molecule has 0 spiro atoms. The van der Waals surface area contributed by atoms with Crippen molar-refractivity contribution in [3.63, 3.8) is 0 Å². The summed E-state index contributed by atoms with van der Waals surface area (Å²) in [6.07, 6.45) is 1.75. The van der Waals surface area contributed by atoms with E-state index < -0.39 is 0 Å². The van der Waals surface area contributed by atoms with Crippen LogP contribution in [0.25, 0.3) is 6.08 Å². The lowest BCUT2D eigenvalue weighted by Gasteiger charge is -2.30. The third kappa shape index (κ3) is 3.32. The zero-order valence-corrected chi connectivity index (χ0v) is 16.6. The Balaban J connectivity index is 1.48. The molecule has 1 fully saturated rings. The number of thioether (sulfide) groups is 1. The van der Waals surface area contributed by atoms with Gasteiger partial charge in [-0.25, -0.2) is 0 Å². The zero-order valence-electron chi connectivity index (χ0n) is 15.0. The molecule has 0 bridgehead atoms. The van der Waals surface area contributed by atoms with Gasteiger partial charge in [0.25, 0.3) is 11.8 Å². The second-order valence-corrected chi connectivity index (χ2v) is 8.17. The van der Waals surface area contributed by atoms with Crippen LogP contribution >= 0.6 is 24.0 Å². The van der Waals surface area contributed by atoms with Gasteiger partial charge in [-0.3, -0.25) is 9.59 Å². The van der Waals surface area contributed by atoms with Crippen LogP contribution in [-0.2, 0) is 4.79 Å². The van der Waals surface area contributed by atoms with E-state index in [0.717, 1.165) is 5.56 Å². The molecule has 0 aromatic heterocycles. The number of fused-ring (bicyclic) bond motifs is 2. The van der Waals surface area contributed by atoms with E-state index in [1.54, 1.807) is 35.2 Å². The first-order valence-corrected chi connectivity index (χ1v) is 10.0. The summed E-state index contributed by atoms with van der Waals surface area (Å²) in [6, 6.07) is 10.6. The molecule has 146 valence electrons. The highest BCUT2D eigenvalue weighted by Gasteiger charge is 2.27. The van der Waals surface area contributed by atoms with E-state index in [-0.39, 0.29) is 18.6 Å². The van der Waals surface area contributed by atoms with Crippen molar-refractivity contribution in [3.8, 4) is 17.2 Å².